The fourth-order valence-electron chi connectivity index (χ4n) is 4.07. The van der Waals surface area contributed by atoms with E-state index < -0.39 is 5.97 Å². The maximum absolute atomic E-state index is 13.9. The average molecular weight is 487 g/mol. The van der Waals surface area contributed by atoms with Crippen molar-refractivity contribution in [1.29, 1.82) is 0 Å². The lowest BCUT2D eigenvalue weighted by Gasteiger charge is -2.16. The van der Waals surface area contributed by atoms with Crippen LogP contribution in [0.5, 0.6) is 0 Å². The van der Waals surface area contributed by atoms with Crippen LogP contribution in [0.25, 0.3) is 11.1 Å². The zero-order chi connectivity index (χ0) is 23.7. The molecular weight excluding hydrogens is 468 g/mol. The molecule has 168 valence electrons. The number of anilines is 1. The second kappa shape index (κ2) is 9.25. The molecule has 1 aliphatic rings. The van der Waals surface area contributed by atoms with Gasteiger partial charge in [0.1, 0.15) is 5.01 Å². The Labute approximate surface area is 205 Å². The van der Waals surface area contributed by atoms with Gasteiger partial charge in [0, 0.05) is 21.5 Å². The molecule has 0 fully saturated rings. The number of carbonyl (C=O) groups excluding carboxylic acids is 2. The number of benzene rings is 3. The predicted molar refractivity (Wildman–Crippen MR) is 135 cm³/mol. The number of esters is 1. The number of amides is 1. The van der Waals surface area contributed by atoms with Crippen LogP contribution in [0.4, 0.5) is 5.69 Å². The van der Waals surface area contributed by atoms with Crippen molar-refractivity contribution in [3.05, 3.63) is 117 Å². The second-order valence-electron chi connectivity index (χ2n) is 7.65. The molecule has 0 saturated carbocycles. The molecule has 0 radical (unpaired) electrons. The number of fused-ring (bicyclic) bond motifs is 1. The summed E-state index contributed by atoms with van der Waals surface area (Å²) in [5.41, 5.74) is 5.19. The third-order valence-electron chi connectivity index (χ3n) is 5.61. The van der Waals surface area contributed by atoms with Crippen LogP contribution in [-0.2, 0) is 16.1 Å². The fourth-order valence-corrected chi connectivity index (χ4v) is 4.95. The molecule has 0 saturated heterocycles. The Bertz CT molecular complexity index is 1410. The number of carbonyl (C=O) groups is 2. The summed E-state index contributed by atoms with van der Waals surface area (Å²) in [7, 11) is 1.32. The first-order valence-corrected chi connectivity index (χ1v) is 11.8. The smallest absolute Gasteiger partial charge is 0.357 e. The van der Waals surface area contributed by atoms with Crippen LogP contribution in [0.15, 0.2) is 84.2 Å². The standard InChI is InChI=1S/C27H19ClN2O3S/c1-33-27(32)21-16-34-23(29-21)15-30-22-10-6-5-9-20(22)25(26(30)31)24(17-7-3-2-4-8-17)18-11-13-19(28)14-12-18/h2-14,16H,15H2,1H3. The summed E-state index contributed by atoms with van der Waals surface area (Å²) in [6, 6.07) is 25.1. The molecule has 0 aliphatic carbocycles. The number of nitrogens with zero attached hydrogens (tertiary/aromatic N) is 2. The maximum Gasteiger partial charge on any atom is 0.357 e. The SMILES string of the molecule is COC(=O)c1csc(CN2C(=O)C(=C(c3ccccc3)c3ccc(Cl)cc3)c3ccccc32)n1. The van der Waals surface area contributed by atoms with Crippen molar-refractivity contribution in [3.8, 4) is 0 Å². The van der Waals surface area contributed by atoms with Gasteiger partial charge in [-0.1, -0.05) is 72.3 Å². The summed E-state index contributed by atoms with van der Waals surface area (Å²) in [5, 5.41) is 2.93. The Morgan fingerprint density at radius 2 is 1.65 bits per heavy atom. The summed E-state index contributed by atoms with van der Waals surface area (Å²) in [4.78, 5) is 31.9. The molecule has 2 heterocycles. The molecule has 1 aromatic heterocycles. The van der Waals surface area contributed by atoms with E-state index in [1.165, 1.54) is 18.4 Å². The summed E-state index contributed by atoms with van der Waals surface area (Å²) in [5.74, 6) is -0.616. The Morgan fingerprint density at radius 3 is 2.38 bits per heavy atom. The number of thiazole rings is 1. The zero-order valence-corrected chi connectivity index (χ0v) is 19.8. The minimum atomic E-state index is -0.495. The Balaban J connectivity index is 1.66. The van der Waals surface area contributed by atoms with Crippen LogP contribution in [0.3, 0.4) is 0 Å². The monoisotopic (exact) mass is 486 g/mol. The first-order chi connectivity index (χ1) is 16.6. The van der Waals surface area contributed by atoms with Gasteiger partial charge in [-0.25, -0.2) is 9.78 Å². The van der Waals surface area contributed by atoms with Gasteiger partial charge in [0.2, 0.25) is 0 Å². The molecule has 3 aromatic carbocycles. The molecule has 7 heteroatoms. The van der Waals surface area contributed by atoms with E-state index in [-0.39, 0.29) is 18.1 Å². The molecule has 5 rings (SSSR count). The highest BCUT2D eigenvalue weighted by atomic mass is 35.5. The number of halogens is 1. The second-order valence-corrected chi connectivity index (χ2v) is 9.03. The largest absolute Gasteiger partial charge is 0.464 e. The van der Waals surface area contributed by atoms with Crippen molar-refractivity contribution in [3.63, 3.8) is 0 Å². The lowest BCUT2D eigenvalue weighted by molar-refractivity contribution is -0.113. The van der Waals surface area contributed by atoms with Crippen LogP contribution < -0.4 is 4.90 Å². The number of rotatable bonds is 5. The number of hydrogen-bond donors (Lipinski definition) is 0. The number of aromatic nitrogens is 1. The summed E-state index contributed by atoms with van der Waals surface area (Å²) >= 11 is 7.47. The van der Waals surface area contributed by atoms with Gasteiger partial charge >= 0.3 is 5.97 Å². The lowest BCUT2D eigenvalue weighted by Crippen LogP contribution is -2.26. The fraction of sp³-hybridized carbons (Fsp3) is 0.0741. The van der Waals surface area contributed by atoms with Gasteiger partial charge < -0.3 is 9.64 Å². The van der Waals surface area contributed by atoms with Crippen LogP contribution in [-0.4, -0.2) is 24.0 Å². The molecule has 0 spiro atoms. The van der Waals surface area contributed by atoms with Gasteiger partial charge in [-0.3, -0.25) is 4.79 Å². The van der Waals surface area contributed by atoms with E-state index in [0.717, 1.165) is 28.0 Å². The molecule has 34 heavy (non-hydrogen) atoms. The predicted octanol–water partition coefficient (Wildman–Crippen LogP) is 6.09. The van der Waals surface area contributed by atoms with Crippen LogP contribution in [0.1, 0.15) is 32.2 Å². The summed E-state index contributed by atoms with van der Waals surface area (Å²) in [6.45, 7) is 0.254. The van der Waals surface area contributed by atoms with E-state index in [2.05, 4.69) is 4.98 Å². The van der Waals surface area contributed by atoms with Gasteiger partial charge in [-0.05, 0) is 29.3 Å². The molecule has 0 unspecified atom stereocenters. The molecule has 0 N–H and O–H groups in total. The van der Waals surface area contributed by atoms with E-state index in [4.69, 9.17) is 16.3 Å². The van der Waals surface area contributed by atoms with Gasteiger partial charge in [0.25, 0.3) is 5.91 Å². The van der Waals surface area contributed by atoms with Crippen molar-refractivity contribution in [2.45, 2.75) is 6.54 Å². The van der Waals surface area contributed by atoms with E-state index in [1.54, 1.807) is 10.3 Å². The van der Waals surface area contributed by atoms with E-state index in [9.17, 15) is 9.59 Å². The van der Waals surface area contributed by atoms with Gasteiger partial charge in [0.15, 0.2) is 5.69 Å². The third kappa shape index (κ3) is 4.02. The van der Waals surface area contributed by atoms with Crippen molar-refractivity contribution >= 4 is 51.6 Å². The van der Waals surface area contributed by atoms with E-state index in [0.29, 0.717) is 15.6 Å². The number of hydrogen-bond acceptors (Lipinski definition) is 5. The molecule has 0 atom stereocenters. The van der Waals surface area contributed by atoms with Gasteiger partial charge in [0.05, 0.1) is 24.9 Å². The quantitative estimate of drug-likeness (QED) is 0.253. The minimum absolute atomic E-state index is 0.121. The summed E-state index contributed by atoms with van der Waals surface area (Å²) in [6.07, 6.45) is 0. The van der Waals surface area contributed by atoms with Crippen molar-refractivity contribution in [2.75, 3.05) is 12.0 Å². The zero-order valence-electron chi connectivity index (χ0n) is 18.2. The number of methoxy groups -OCH3 is 1. The van der Waals surface area contributed by atoms with Gasteiger partial charge in [-0.15, -0.1) is 11.3 Å². The van der Waals surface area contributed by atoms with Gasteiger partial charge in [-0.2, -0.15) is 0 Å². The van der Waals surface area contributed by atoms with Crippen molar-refractivity contribution in [1.82, 2.24) is 4.98 Å². The highest BCUT2D eigenvalue weighted by Gasteiger charge is 2.35. The minimum Gasteiger partial charge on any atom is -0.464 e. The molecular formula is C27H19ClN2O3S. The van der Waals surface area contributed by atoms with Crippen molar-refractivity contribution < 1.29 is 14.3 Å². The molecule has 0 bridgehead atoms. The maximum atomic E-state index is 13.9. The lowest BCUT2D eigenvalue weighted by atomic mass is 9.90. The van der Waals surface area contributed by atoms with E-state index in [1.807, 2.05) is 78.9 Å². The van der Waals surface area contributed by atoms with E-state index >= 15 is 0 Å². The first-order valence-electron chi connectivity index (χ1n) is 10.6. The van der Waals surface area contributed by atoms with Crippen LogP contribution in [0.2, 0.25) is 5.02 Å². The normalized spacial score (nSPS) is 14.2. The van der Waals surface area contributed by atoms with Crippen molar-refractivity contribution in [2.24, 2.45) is 0 Å². The average Bonchev–Trinajstić information content (AvgIpc) is 3.45. The highest BCUT2D eigenvalue weighted by molar-refractivity contribution is 7.09. The highest BCUT2D eigenvalue weighted by Crippen LogP contribution is 2.43. The topological polar surface area (TPSA) is 59.5 Å². The third-order valence-corrected chi connectivity index (χ3v) is 6.69. The number of para-hydroxylation sites is 1. The Morgan fingerprint density at radius 1 is 0.971 bits per heavy atom. The van der Waals surface area contributed by atoms with Crippen LogP contribution in [0, 0.1) is 0 Å². The van der Waals surface area contributed by atoms with Crippen LogP contribution >= 0.6 is 22.9 Å². The Hall–Kier alpha value is -3.74. The molecule has 1 amide bonds. The summed E-state index contributed by atoms with van der Waals surface area (Å²) < 4.78 is 4.76. The first kappa shape index (κ1) is 22.1. The molecule has 5 nitrogen and oxygen atoms in total. The molecule has 1 aliphatic heterocycles. The Kier molecular flexibility index (Phi) is 6.01. The molecule has 4 aromatic rings. The number of ether oxygens (including phenoxy) is 1.